The molecule has 0 saturated heterocycles. The second kappa shape index (κ2) is 10.7. The van der Waals surface area contributed by atoms with Crippen molar-refractivity contribution in [1.82, 2.24) is 10.6 Å². The third-order valence-electron chi connectivity index (χ3n) is 4.08. The average Bonchev–Trinajstić information content (AvgIpc) is 2.75. The Labute approximate surface area is 164 Å². The van der Waals surface area contributed by atoms with Crippen molar-refractivity contribution in [2.75, 3.05) is 20.8 Å². The van der Waals surface area contributed by atoms with Crippen molar-refractivity contribution in [2.45, 2.75) is 19.4 Å². The maximum Gasteiger partial charge on any atom is 0.337 e. The topological polar surface area (TPSA) is 93.7 Å². The van der Waals surface area contributed by atoms with Gasteiger partial charge in [-0.25, -0.2) is 4.79 Å². The van der Waals surface area contributed by atoms with E-state index in [0.29, 0.717) is 42.8 Å². The molecule has 7 heteroatoms. The molecule has 0 fully saturated rings. The molecular weight excluding hydrogens is 360 g/mol. The summed E-state index contributed by atoms with van der Waals surface area (Å²) in [5, 5.41) is 5.60. The summed E-state index contributed by atoms with van der Waals surface area (Å²) in [6.07, 6.45) is 0.845. The quantitative estimate of drug-likeness (QED) is 0.511. The number of carbonyl (C=O) groups excluding carboxylic acids is 3. The van der Waals surface area contributed by atoms with E-state index in [0.717, 1.165) is 5.56 Å². The number of ether oxygens (including phenoxy) is 2. The van der Waals surface area contributed by atoms with Crippen LogP contribution in [0.4, 0.5) is 0 Å². The van der Waals surface area contributed by atoms with E-state index < -0.39 is 5.97 Å². The zero-order chi connectivity index (χ0) is 20.4. The van der Waals surface area contributed by atoms with Gasteiger partial charge in [-0.1, -0.05) is 12.1 Å². The van der Waals surface area contributed by atoms with Gasteiger partial charge >= 0.3 is 5.97 Å². The van der Waals surface area contributed by atoms with Crippen molar-refractivity contribution in [1.29, 1.82) is 0 Å². The summed E-state index contributed by atoms with van der Waals surface area (Å²) >= 11 is 0. The minimum Gasteiger partial charge on any atom is -0.497 e. The van der Waals surface area contributed by atoms with Gasteiger partial charge < -0.3 is 20.1 Å². The van der Waals surface area contributed by atoms with E-state index in [1.54, 1.807) is 55.6 Å². The van der Waals surface area contributed by atoms with Crippen LogP contribution in [0, 0.1) is 0 Å². The molecule has 2 aromatic rings. The molecule has 0 spiro atoms. The molecule has 0 aliphatic heterocycles. The Morgan fingerprint density at radius 3 is 2.11 bits per heavy atom. The number of hydrogen-bond acceptors (Lipinski definition) is 5. The summed E-state index contributed by atoms with van der Waals surface area (Å²) in [5.74, 6) is 0.00456. The summed E-state index contributed by atoms with van der Waals surface area (Å²) < 4.78 is 9.69. The zero-order valence-corrected chi connectivity index (χ0v) is 16.0. The molecule has 0 aromatic heterocycles. The van der Waals surface area contributed by atoms with Gasteiger partial charge in [0, 0.05) is 25.1 Å². The molecule has 2 N–H and O–H groups in total. The highest BCUT2D eigenvalue weighted by Crippen LogP contribution is 2.11. The van der Waals surface area contributed by atoms with E-state index in [4.69, 9.17) is 4.74 Å². The number of benzene rings is 2. The van der Waals surface area contributed by atoms with E-state index in [9.17, 15) is 14.4 Å². The van der Waals surface area contributed by atoms with Gasteiger partial charge in [0.15, 0.2) is 0 Å². The lowest BCUT2D eigenvalue weighted by Crippen LogP contribution is -2.27. The van der Waals surface area contributed by atoms with Crippen LogP contribution in [0.15, 0.2) is 48.5 Å². The Morgan fingerprint density at radius 1 is 0.857 bits per heavy atom. The Hall–Kier alpha value is -3.35. The van der Waals surface area contributed by atoms with Gasteiger partial charge in [-0.3, -0.25) is 9.59 Å². The summed E-state index contributed by atoms with van der Waals surface area (Å²) in [6.45, 7) is 0.782. The minimum atomic E-state index is -0.396. The van der Waals surface area contributed by atoms with E-state index >= 15 is 0 Å². The third-order valence-corrected chi connectivity index (χ3v) is 4.08. The number of amides is 2. The van der Waals surface area contributed by atoms with Gasteiger partial charge in [0.05, 0.1) is 19.8 Å². The van der Waals surface area contributed by atoms with Crippen molar-refractivity contribution in [2.24, 2.45) is 0 Å². The number of carbonyl (C=O) groups is 3. The van der Waals surface area contributed by atoms with Crippen molar-refractivity contribution < 1.29 is 23.9 Å². The molecule has 2 rings (SSSR count). The molecule has 0 saturated carbocycles. The maximum atomic E-state index is 12.0. The highest BCUT2D eigenvalue weighted by Gasteiger charge is 2.07. The molecule has 0 heterocycles. The molecule has 0 aliphatic rings. The first-order valence-electron chi connectivity index (χ1n) is 8.89. The zero-order valence-electron chi connectivity index (χ0n) is 16.0. The lowest BCUT2D eigenvalue weighted by molar-refractivity contribution is -0.121. The molecule has 0 unspecified atom stereocenters. The van der Waals surface area contributed by atoms with Crippen LogP contribution in [0.3, 0.4) is 0 Å². The summed E-state index contributed by atoms with van der Waals surface area (Å²) in [7, 11) is 2.90. The van der Waals surface area contributed by atoms with Gasteiger partial charge in [0.2, 0.25) is 5.91 Å². The molecule has 28 heavy (non-hydrogen) atoms. The van der Waals surface area contributed by atoms with Crippen LogP contribution in [-0.2, 0) is 16.1 Å². The molecule has 2 aromatic carbocycles. The van der Waals surface area contributed by atoms with Crippen molar-refractivity contribution >= 4 is 17.8 Å². The van der Waals surface area contributed by atoms with Crippen LogP contribution in [0.5, 0.6) is 5.75 Å². The SMILES string of the molecule is COC(=O)c1ccc(CNC(=O)CCCNC(=O)c2ccc(OC)cc2)cc1. The molecule has 0 radical (unpaired) electrons. The van der Waals surface area contributed by atoms with Gasteiger partial charge in [0.25, 0.3) is 5.91 Å². The predicted molar refractivity (Wildman–Crippen MR) is 104 cm³/mol. The third kappa shape index (κ3) is 6.42. The minimum absolute atomic E-state index is 0.101. The van der Waals surface area contributed by atoms with E-state index in [1.807, 2.05) is 0 Å². The lowest BCUT2D eigenvalue weighted by Gasteiger charge is -2.08. The monoisotopic (exact) mass is 384 g/mol. The van der Waals surface area contributed by atoms with Gasteiger partial charge in [-0.05, 0) is 48.4 Å². The normalized spacial score (nSPS) is 10.1. The van der Waals surface area contributed by atoms with Crippen LogP contribution >= 0.6 is 0 Å². The summed E-state index contributed by atoms with van der Waals surface area (Å²) in [4.78, 5) is 35.3. The van der Waals surface area contributed by atoms with Gasteiger partial charge in [-0.2, -0.15) is 0 Å². The predicted octanol–water partition coefficient (Wildman–Crippen LogP) is 2.31. The van der Waals surface area contributed by atoms with Crippen molar-refractivity contribution in [3.63, 3.8) is 0 Å². The number of hydrogen-bond donors (Lipinski definition) is 2. The Balaban J connectivity index is 1.65. The highest BCUT2D eigenvalue weighted by atomic mass is 16.5. The molecule has 148 valence electrons. The van der Waals surface area contributed by atoms with E-state index in [1.165, 1.54) is 7.11 Å². The maximum absolute atomic E-state index is 12.0. The first kappa shape index (κ1) is 21.0. The molecule has 2 amide bonds. The number of nitrogens with one attached hydrogen (secondary N) is 2. The van der Waals surface area contributed by atoms with Crippen LogP contribution in [0.2, 0.25) is 0 Å². The second-order valence-corrected chi connectivity index (χ2v) is 6.05. The van der Waals surface area contributed by atoms with Crippen molar-refractivity contribution in [3.8, 4) is 5.75 Å². The Kier molecular flexibility index (Phi) is 8.02. The molecule has 7 nitrogen and oxygen atoms in total. The Morgan fingerprint density at radius 2 is 1.50 bits per heavy atom. The fraction of sp³-hybridized carbons (Fsp3) is 0.286. The van der Waals surface area contributed by atoms with Crippen molar-refractivity contribution in [3.05, 3.63) is 65.2 Å². The molecule has 0 bridgehead atoms. The number of methoxy groups -OCH3 is 2. The summed E-state index contributed by atoms with van der Waals surface area (Å²) in [5.41, 5.74) is 1.89. The van der Waals surface area contributed by atoms with E-state index in [2.05, 4.69) is 15.4 Å². The second-order valence-electron chi connectivity index (χ2n) is 6.05. The first-order valence-corrected chi connectivity index (χ1v) is 8.89. The average molecular weight is 384 g/mol. The van der Waals surface area contributed by atoms with Crippen LogP contribution in [0.1, 0.15) is 39.1 Å². The number of rotatable bonds is 9. The number of esters is 1. The summed E-state index contributed by atoms with van der Waals surface area (Å²) in [6, 6.07) is 13.7. The fourth-order valence-electron chi connectivity index (χ4n) is 2.46. The van der Waals surface area contributed by atoms with Crippen LogP contribution in [-0.4, -0.2) is 38.5 Å². The van der Waals surface area contributed by atoms with Crippen LogP contribution in [0.25, 0.3) is 0 Å². The molecular formula is C21H24N2O5. The highest BCUT2D eigenvalue weighted by molar-refractivity contribution is 5.94. The van der Waals surface area contributed by atoms with Gasteiger partial charge in [0.1, 0.15) is 5.75 Å². The Bertz CT molecular complexity index is 801. The van der Waals surface area contributed by atoms with Gasteiger partial charge in [-0.15, -0.1) is 0 Å². The standard InChI is InChI=1S/C21H24N2O5/c1-27-18-11-9-16(10-12-18)20(25)22-13-3-4-19(24)23-14-15-5-7-17(8-6-15)21(26)28-2/h5-12H,3-4,13-14H2,1-2H3,(H,22,25)(H,23,24). The lowest BCUT2D eigenvalue weighted by atomic mass is 10.1. The smallest absolute Gasteiger partial charge is 0.337 e. The van der Waals surface area contributed by atoms with E-state index in [-0.39, 0.29) is 11.8 Å². The first-order chi connectivity index (χ1) is 13.5. The largest absolute Gasteiger partial charge is 0.497 e. The molecule has 0 atom stereocenters. The molecule has 0 aliphatic carbocycles. The van der Waals surface area contributed by atoms with Crippen LogP contribution < -0.4 is 15.4 Å². The fourth-order valence-corrected chi connectivity index (χ4v) is 2.46.